The van der Waals surface area contributed by atoms with Crippen LogP contribution in [0.3, 0.4) is 0 Å². The van der Waals surface area contributed by atoms with Crippen molar-refractivity contribution in [3.63, 3.8) is 0 Å². The molecule has 0 saturated carbocycles. The first kappa shape index (κ1) is 22.5. The molecule has 2 N–H and O–H groups in total. The number of carbonyl (C=O) groups excluding carboxylic acids is 1. The number of amides is 1. The second-order valence-electron chi connectivity index (χ2n) is 7.47. The van der Waals surface area contributed by atoms with E-state index in [0.717, 1.165) is 12.0 Å². The van der Waals surface area contributed by atoms with Crippen LogP contribution in [0.5, 0.6) is 0 Å². The third kappa shape index (κ3) is 5.68. The summed E-state index contributed by atoms with van der Waals surface area (Å²) in [5.74, 6) is -0.426. The van der Waals surface area contributed by atoms with E-state index in [1.807, 2.05) is 37.3 Å². The summed E-state index contributed by atoms with van der Waals surface area (Å²) < 4.78 is 50.8. The minimum Gasteiger partial charge on any atom is -0.351 e. The number of carbonyl (C=O) groups is 1. The third-order valence-electron chi connectivity index (χ3n) is 5.23. The van der Waals surface area contributed by atoms with Crippen LogP contribution in [-0.4, -0.2) is 46.8 Å². The number of sulfone groups is 1. The molecule has 0 aliphatic carbocycles. The highest BCUT2D eigenvalue weighted by molar-refractivity contribution is 7.92. The van der Waals surface area contributed by atoms with Crippen LogP contribution >= 0.6 is 0 Å². The number of rotatable bonds is 8. The zero-order valence-electron chi connectivity index (χ0n) is 16.7. The van der Waals surface area contributed by atoms with Gasteiger partial charge >= 0.3 is 0 Å². The van der Waals surface area contributed by atoms with Crippen molar-refractivity contribution in [3.05, 3.63) is 65.7 Å². The van der Waals surface area contributed by atoms with E-state index in [9.17, 15) is 21.6 Å². The molecule has 7 nitrogen and oxygen atoms in total. The van der Waals surface area contributed by atoms with Crippen molar-refractivity contribution in [2.45, 2.75) is 36.6 Å². The van der Waals surface area contributed by atoms with Crippen LogP contribution in [0.1, 0.15) is 41.6 Å². The zero-order chi connectivity index (χ0) is 21.8. The number of nitrogens with one attached hydrogen (secondary N) is 2. The molecule has 0 bridgehead atoms. The molecule has 9 heteroatoms. The Morgan fingerprint density at radius 1 is 1.13 bits per heavy atom. The molecule has 162 valence electrons. The number of sulfonamides is 1. The topological polar surface area (TPSA) is 109 Å². The molecule has 1 saturated heterocycles. The van der Waals surface area contributed by atoms with E-state index < -0.39 is 25.9 Å². The Morgan fingerprint density at radius 3 is 2.50 bits per heavy atom. The van der Waals surface area contributed by atoms with Gasteiger partial charge in [-0.1, -0.05) is 43.3 Å². The van der Waals surface area contributed by atoms with Crippen LogP contribution in [0.15, 0.2) is 59.5 Å². The van der Waals surface area contributed by atoms with Gasteiger partial charge < -0.3 is 5.32 Å². The molecule has 3 rings (SSSR count). The molecule has 1 fully saturated rings. The molecule has 2 atom stereocenters. The van der Waals surface area contributed by atoms with E-state index in [1.54, 1.807) is 6.07 Å². The first-order chi connectivity index (χ1) is 14.2. The van der Waals surface area contributed by atoms with E-state index in [-0.39, 0.29) is 40.2 Å². The van der Waals surface area contributed by atoms with Crippen molar-refractivity contribution in [1.82, 2.24) is 10.0 Å². The lowest BCUT2D eigenvalue weighted by atomic mass is 9.96. The summed E-state index contributed by atoms with van der Waals surface area (Å²) >= 11 is 0. The maximum absolute atomic E-state index is 12.6. The average Bonchev–Trinajstić information content (AvgIpc) is 3.06. The highest BCUT2D eigenvalue weighted by atomic mass is 32.2. The second-order valence-corrected chi connectivity index (χ2v) is 11.4. The second kappa shape index (κ2) is 9.28. The Bertz CT molecular complexity index is 1100. The number of hydrogen-bond acceptors (Lipinski definition) is 5. The number of hydrogen-bond donors (Lipinski definition) is 2. The molecular formula is C21H26N2O5S2. The lowest BCUT2D eigenvalue weighted by molar-refractivity contribution is 0.0950. The molecule has 1 aliphatic heterocycles. The summed E-state index contributed by atoms with van der Waals surface area (Å²) in [6.45, 7) is 2.49. The monoisotopic (exact) mass is 450 g/mol. The standard InChI is InChI=1S/C21H26N2O5S2/c1-2-16(17-7-4-3-5-8-17)14-22-21(24)18-9-6-10-20(13-18)30(27,28)23-19-11-12-29(25,26)15-19/h3-10,13,16,19,23H,2,11-12,14-15H2,1H3,(H,22,24)/t16-,19+/m1/s1. The molecule has 2 aromatic carbocycles. The highest BCUT2D eigenvalue weighted by Gasteiger charge is 2.31. The highest BCUT2D eigenvalue weighted by Crippen LogP contribution is 2.19. The minimum atomic E-state index is -3.92. The van der Waals surface area contributed by atoms with Gasteiger partial charge in [0.1, 0.15) is 0 Å². The predicted molar refractivity (Wildman–Crippen MR) is 116 cm³/mol. The van der Waals surface area contributed by atoms with Crippen molar-refractivity contribution in [2.75, 3.05) is 18.1 Å². The van der Waals surface area contributed by atoms with Gasteiger partial charge in [-0.3, -0.25) is 4.79 Å². The maximum Gasteiger partial charge on any atom is 0.251 e. The van der Waals surface area contributed by atoms with E-state index in [4.69, 9.17) is 0 Å². The predicted octanol–water partition coefficient (Wildman–Crippen LogP) is 2.08. The molecular weight excluding hydrogens is 424 g/mol. The molecule has 1 heterocycles. The van der Waals surface area contributed by atoms with Gasteiger partial charge in [0.15, 0.2) is 9.84 Å². The Hall–Kier alpha value is -2.23. The molecule has 0 radical (unpaired) electrons. The van der Waals surface area contributed by atoms with E-state index in [1.165, 1.54) is 18.2 Å². The Balaban J connectivity index is 1.67. The Morgan fingerprint density at radius 2 is 1.87 bits per heavy atom. The van der Waals surface area contributed by atoms with E-state index >= 15 is 0 Å². The fourth-order valence-electron chi connectivity index (χ4n) is 3.52. The first-order valence-electron chi connectivity index (χ1n) is 9.86. The van der Waals surface area contributed by atoms with Crippen molar-refractivity contribution >= 4 is 25.8 Å². The van der Waals surface area contributed by atoms with Gasteiger partial charge in [0.25, 0.3) is 5.91 Å². The smallest absolute Gasteiger partial charge is 0.251 e. The van der Waals surface area contributed by atoms with E-state index in [2.05, 4.69) is 10.0 Å². The molecule has 2 aromatic rings. The van der Waals surface area contributed by atoms with Crippen LogP contribution in [0, 0.1) is 0 Å². The van der Waals surface area contributed by atoms with Crippen molar-refractivity contribution in [2.24, 2.45) is 0 Å². The van der Waals surface area contributed by atoms with Gasteiger partial charge in [-0.25, -0.2) is 21.6 Å². The summed E-state index contributed by atoms with van der Waals surface area (Å²) in [6, 6.07) is 15.0. The van der Waals surface area contributed by atoms with Crippen LogP contribution in [0.4, 0.5) is 0 Å². The van der Waals surface area contributed by atoms with Crippen LogP contribution in [-0.2, 0) is 19.9 Å². The van der Waals surface area contributed by atoms with Gasteiger partial charge in [-0.2, -0.15) is 0 Å². The van der Waals surface area contributed by atoms with Gasteiger partial charge in [-0.15, -0.1) is 0 Å². The first-order valence-corrected chi connectivity index (χ1v) is 13.2. The van der Waals surface area contributed by atoms with Crippen molar-refractivity contribution in [3.8, 4) is 0 Å². The fourth-order valence-corrected chi connectivity index (χ4v) is 6.62. The third-order valence-corrected chi connectivity index (χ3v) is 8.52. The quantitative estimate of drug-likeness (QED) is 0.640. The fraction of sp³-hybridized carbons (Fsp3) is 0.381. The molecule has 0 unspecified atom stereocenters. The summed E-state index contributed by atoms with van der Waals surface area (Å²) in [4.78, 5) is 12.5. The maximum atomic E-state index is 12.6. The van der Waals surface area contributed by atoms with Crippen molar-refractivity contribution in [1.29, 1.82) is 0 Å². The molecule has 0 spiro atoms. The molecule has 1 aliphatic rings. The summed E-state index contributed by atoms with van der Waals surface area (Å²) in [5, 5.41) is 2.88. The van der Waals surface area contributed by atoms with Crippen LogP contribution in [0.2, 0.25) is 0 Å². The van der Waals surface area contributed by atoms with Gasteiger partial charge in [0, 0.05) is 24.1 Å². The van der Waals surface area contributed by atoms with Crippen molar-refractivity contribution < 1.29 is 21.6 Å². The Labute approximate surface area is 177 Å². The molecule has 30 heavy (non-hydrogen) atoms. The summed E-state index contributed by atoms with van der Waals surface area (Å²) in [5.41, 5.74) is 1.37. The van der Waals surface area contributed by atoms with E-state index in [0.29, 0.717) is 6.54 Å². The number of benzene rings is 2. The normalized spacial score (nSPS) is 19.3. The lowest BCUT2D eigenvalue weighted by Crippen LogP contribution is -2.35. The lowest BCUT2D eigenvalue weighted by Gasteiger charge is -2.16. The summed E-state index contributed by atoms with van der Waals surface area (Å²) in [6.07, 6.45) is 1.10. The largest absolute Gasteiger partial charge is 0.351 e. The molecule has 1 amide bonds. The zero-order valence-corrected chi connectivity index (χ0v) is 18.4. The minimum absolute atomic E-state index is 0.0252. The summed E-state index contributed by atoms with van der Waals surface area (Å²) in [7, 11) is -7.13. The SMILES string of the molecule is CC[C@H](CNC(=O)c1cccc(S(=O)(=O)N[C@H]2CCS(=O)(=O)C2)c1)c1ccccc1. The van der Waals surface area contributed by atoms with Gasteiger partial charge in [-0.05, 0) is 36.6 Å². The Kier molecular flexibility index (Phi) is 6.95. The van der Waals surface area contributed by atoms with Gasteiger partial charge in [0.2, 0.25) is 10.0 Å². The molecule has 0 aromatic heterocycles. The average molecular weight is 451 g/mol. The van der Waals surface area contributed by atoms with Crippen LogP contribution in [0.25, 0.3) is 0 Å². The van der Waals surface area contributed by atoms with Crippen LogP contribution < -0.4 is 10.0 Å². The van der Waals surface area contributed by atoms with Gasteiger partial charge in [0.05, 0.1) is 16.4 Å².